The van der Waals surface area contributed by atoms with Gasteiger partial charge in [-0.2, -0.15) is 13.5 Å². The summed E-state index contributed by atoms with van der Waals surface area (Å²) in [5.74, 6) is 0. The molecule has 1 N–H and O–H groups in total. The van der Waals surface area contributed by atoms with Crippen LogP contribution in [0.3, 0.4) is 0 Å². The van der Waals surface area contributed by atoms with Gasteiger partial charge in [0.15, 0.2) is 0 Å². The fourth-order valence-corrected chi connectivity index (χ4v) is 2.95. The van der Waals surface area contributed by atoms with E-state index in [-0.39, 0.29) is 19.2 Å². The van der Waals surface area contributed by atoms with Crippen molar-refractivity contribution < 1.29 is 31.5 Å². The molecule has 0 spiro atoms. The largest absolute Gasteiger partial charge is 0.418 e. The number of urea groups is 1. The molecular weight excluding hydrogens is 304 g/mol. The topological polar surface area (TPSA) is 106 Å². The number of hydrogen-bond acceptors (Lipinski definition) is 6. The van der Waals surface area contributed by atoms with Crippen LogP contribution in [0.1, 0.15) is 6.42 Å². The average Bonchev–Trinajstić information content (AvgIpc) is 2.64. The molecule has 1 saturated heterocycles. The monoisotopic (exact) mass is 322 g/mol. The van der Waals surface area contributed by atoms with Crippen molar-refractivity contribution >= 4 is 16.4 Å². The summed E-state index contributed by atoms with van der Waals surface area (Å²) in [6.45, 7) is 1.03. The third kappa shape index (κ3) is 3.52. The Morgan fingerprint density at radius 2 is 2.10 bits per heavy atom. The van der Waals surface area contributed by atoms with Gasteiger partial charge in [-0.15, -0.1) is 4.28 Å². The maximum atomic E-state index is 12.2. The molecule has 2 amide bonds. The maximum absolute atomic E-state index is 12.2. The number of carbonyl (C=O) groups excluding carboxylic acids is 1. The minimum atomic E-state index is -4.75. The van der Waals surface area contributed by atoms with Crippen molar-refractivity contribution in [3.63, 3.8) is 0 Å². The molecule has 2 aliphatic heterocycles. The average molecular weight is 322 g/mol. The zero-order chi connectivity index (χ0) is 15.6. The van der Waals surface area contributed by atoms with Gasteiger partial charge in [0.05, 0.1) is 18.7 Å². The lowest BCUT2D eigenvalue weighted by molar-refractivity contribution is -0.0188. The van der Waals surface area contributed by atoms with Crippen LogP contribution in [0.2, 0.25) is 0 Å². The van der Waals surface area contributed by atoms with Gasteiger partial charge >= 0.3 is 16.4 Å². The molecule has 2 heterocycles. The Morgan fingerprint density at radius 3 is 2.67 bits per heavy atom. The summed E-state index contributed by atoms with van der Waals surface area (Å²) in [4.78, 5) is 13.7. The quantitative estimate of drug-likeness (QED) is 0.512. The van der Waals surface area contributed by atoms with Crippen molar-refractivity contribution in [3.05, 3.63) is 11.6 Å². The van der Waals surface area contributed by atoms with Crippen LogP contribution in [0.4, 0.5) is 4.79 Å². The first kappa shape index (κ1) is 16.2. The summed E-state index contributed by atoms with van der Waals surface area (Å²) in [6.07, 6.45) is 2.35. The molecular formula is C11H18N2O7S. The molecule has 2 rings (SSSR count). The lowest BCUT2D eigenvalue weighted by Gasteiger charge is -2.31. The maximum Gasteiger partial charge on any atom is 0.418 e. The van der Waals surface area contributed by atoms with Crippen molar-refractivity contribution in [3.8, 4) is 0 Å². The molecule has 21 heavy (non-hydrogen) atoms. The molecule has 0 aromatic carbocycles. The normalized spacial score (nSPS) is 25.5. The second-order valence-corrected chi connectivity index (χ2v) is 5.79. The third-order valence-corrected chi connectivity index (χ3v) is 3.77. The standard InChI is InChI=1S/C11H18N2O7S/c1-18-4-3-8-5-9-6-12(10(8)7-19-2)11(14)13(9)20-21(15,16)17/h5,9-10H,3-4,6-7H2,1-2H3,(H,15,16,17)/t9-,10+/m0/s1. The Bertz CT molecular complexity index is 533. The molecule has 0 saturated carbocycles. The number of methoxy groups -OCH3 is 2. The van der Waals surface area contributed by atoms with Crippen LogP contribution in [0.15, 0.2) is 11.6 Å². The van der Waals surface area contributed by atoms with Gasteiger partial charge in [0.25, 0.3) is 0 Å². The molecule has 2 atom stereocenters. The Labute approximate surface area is 123 Å². The van der Waals surface area contributed by atoms with Crippen LogP contribution < -0.4 is 0 Å². The molecule has 0 radical (unpaired) electrons. The summed E-state index contributed by atoms with van der Waals surface area (Å²) in [5, 5.41) is 0.664. The number of rotatable bonds is 7. The number of hydroxylamine groups is 2. The Morgan fingerprint density at radius 1 is 1.38 bits per heavy atom. The molecule has 120 valence electrons. The van der Waals surface area contributed by atoms with E-state index >= 15 is 0 Å². The van der Waals surface area contributed by atoms with Crippen LogP contribution in [0, 0.1) is 0 Å². The van der Waals surface area contributed by atoms with Gasteiger partial charge in [-0.3, -0.25) is 4.55 Å². The highest BCUT2D eigenvalue weighted by Crippen LogP contribution is 2.31. The van der Waals surface area contributed by atoms with E-state index in [0.717, 1.165) is 5.57 Å². The molecule has 0 aliphatic carbocycles. The van der Waals surface area contributed by atoms with Crippen molar-refractivity contribution in [2.24, 2.45) is 0 Å². The van der Waals surface area contributed by atoms with Crippen molar-refractivity contribution in [1.82, 2.24) is 9.96 Å². The fourth-order valence-electron chi connectivity index (χ4n) is 2.57. The van der Waals surface area contributed by atoms with Gasteiger partial charge < -0.3 is 14.4 Å². The molecule has 9 nitrogen and oxygen atoms in total. The van der Waals surface area contributed by atoms with Crippen LogP contribution in [-0.2, 0) is 24.2 Å². The summed E-state index contributed by atoms with van der Waals surface area (Å²) in [5.41, 5.74) is 0.907. The first-order valence-electron chi connectivity index (χ1n) is 6.32. The molecule has 2 aliphatic rings. The summed E-state index contributed by atoms with van der Waals surface area (Å²) >= 11 is 0. The highest BCUT2D eigenvalue weighted by Gasteiger charge is 2.47. The number of ether oxygens (including phenoxy) is 2. The zero-order valence-corrected chi connectivity index (χ0v) is 12.6. The summed E-state index contributed by atoms with van der Waals surface area (Å²) in [6, 6.07) is -1.49. The highest BCUT2D eigenvalue weighted by atomic mass is 32.3. The summed E-state index contributed by atoms with van der Waals surface area (Å²) < 4.78 is 45.0. The first-order chi connectivity index (χ1) is 9.87. The fraction of sp³-hybridized carbons (Fsp3) is 0.727. The molecule has 0 aromatic rings. The number of carbonyl (C=O) groups is 1. The van der Waals surface area contributed by atoms with E-state index in [0.29, 0.717) is 18.1 Å². The van der Waals surface area contributed by atoms with Crippen LogP contribution in [0.25, 0.3) is 0 Å². The van der Waals surface area contributed by atoms with Gasteiger partial charge in [-0.05, 0) is 12.0 Å². The molecule has 1 fully saturated rings. The number of hydrogen-bond donors (Lipinski definition) is 1. The van der Waals surface area contributed by atoms with E-state index in [9.17, 15) is 13.2 Å². The predicted molar refractivity (Wildman–Crippen MR) is 70.6 cm³/mol. The zero-order valence-electron chi connectivity index (χ0n) is 11.8. The first-order valence-corrected chi connectivity index (χ1v) is 7.69. The number of nitrogens with zero attached hydrogens (tertiary/aromatic N) is 2. The SMILES string of the molecule is COCCC1=C[C@H]2CN(C(=O)N2OS(=O)(=O)O)[C@@H]1COC. The van der Waals surface area contributed by atoms with Crippen molar-refractivity contribution in [1.29, 1.82) is 0 Å². The van der Waals surface area contributed by atoms with Gasteiger partial charge in [0.2, 0.25) is 0 Å². The smallest absolute Gasteiger partial charge is 0.384 e. The van der Waals surface area contributed by atoms with Crippen LogP contribution in [0.5, 0.6) is 0 Å². The van der Waals surface area contributed by atoms with Gasteiger partial charge in [0, 0.05) is 27.4 Å². The highest BCUT2D eigenvalue weighted by molar-refractivity contribution is 7.80. The molecule has 0 aromatic heterocycles. The van der Waals surface area contributed by atoms with Crippen LogP contribution >= 0.6 is 0 Å². The number of fused-ring (bicyclic) bond motifs is 2. The second kappa shape index (κ2) is 6.28. The van der Waals surface area contributed by atoms with E-state index in [1.54, 1.807) is 13.2 Å². The van der Waals surface area contributed by atoms with Crippen molar-refractivity contribution in [2.75, 3.05) is 34.0 Å². The van der Waals surface area contributed by atoms with E-state index in [4.69, 9.17) is 14.0 Å². The molecule has 0 unspecified atom stereocenters. The van der Waals surface area contributed by atoms with E-state index < -0.39 is 22.5 Å². The minimum Gasteiger partial charge on any atom is -0.384 e. The Kier molecular flexibility index (Phi) is 4.84. The van der Waals surface area contributed by atoms with Gasteiger partial charge in [0.1, 0.15) is 0 Å². The molecule has 2 bridgehead atoms. The lowest BCUT2D eigenvalue weighted by Crippen LogP contribution is -2.43. The predicted octanol–water partition coefficient (Wildman–Crippen LogP) is -0.181. The number of amides is 2. The lowest BCUT2D eigenvalue weighted by atomic mass is 9.97. The molecule has 10 heteroatoms. The van der Waals surface area contributed by atoms with Gasteiger partial charge in [-0.25, -0.2) is 4.79 Å². The second-order valence-electron chi connectivity index (χ2n) is 4.79. The van der Waals surface area contributed by atoms with Crippen LogP contribution in [-0.4, -0.2) is 75.0 Å². The Hall–Kier alpha value is -1.20. The van der Waals surface area contributed by atoms with Gasteiger partial charge in [-0.1, -0.05) is 6.08 Å². The summed E-state index contributed by atoms with van der Waals surface area (Å²) in [7, 11) is -1.66. The minimum absolute atomic E-state index is 0.277. The Balaban J connectivity index is 2.24. The third-order valence-electron chi connectivity index (χ3n) is 3.42. The van der Waals surface area contributed by atoms with Crippen molar-refractivity contribution in [2.45, 2.75) is 18.5 Å². The van der Waals surface area contributed by atoms with E-state index in [1.165, 1.54) is 12.0 Å². The van der Waals surface area contributed by atoms with E-state index in [2.05, 4.69) is 4.28 Å². The van der Waals surface area contributed by atoms with E-state index in [1.807, 2.05) is 0 Å².